The number of aromatic nitrogens is 5. The molecule has 0 amide bonds. The molecule has 1 aliphatic rings. The number of anilines is 2. The molecule has 5 rings (SSSR count). The molecule has 1 fully saturated rings. The summed E-state index contributed by atoms with van der Waals surface area (Å²) in [7, 11) is 0. The van der Waals surface area contributed by atoms with Gasteiger partial charge in [0.1, 0.15) is 0 Å². The van der Waals surface area contributed by atoms with E-state index in [1.54, 1.807) is 41.6 Å². The van der Waals surface area contributed by atoms with Gasteiger partial charge in [-0.05, 0) is 72.9 Å². The predicted octanol–water partition coefficient (Wildman–Crippen LogP) is 6.28. The van der Waals surface area contributed by atoms with Crippen LogP contribution in [0.1, 0.15) is 36.6 Å². The first-order valence-electron chi connectivity index (χ1n) is 12.6. The molecule has 210 valence electrons. The number of tetrazole rings is 1. The molecule has 1 unspecified atom stereocenters. The summed E-state index contributed by atoms with van der Waals surface area (Å²) in [6.45, 7) is -3.87. The standard InChI is InChI=1S/C27H26F4N6O3/c1-17-11-12-32-15-19(17)16-36(21-8-5-9-22(39-26(28)29)24(21)40-27(30)31)20-7-4-6-18(14-20)25-33-35-37(34-25)23-10-2-3-13-38-23/h4-9,11-12,14-15,23,26-27H,2-3,10,13,16H2,1H3. The van der Waals surface area contributed by atoms with Crippen LogP contribution in [-0.4, -0.2) is 45.0 Å². The molecule has 40 heavy (non-hydrogen) atoms. The fraction of sp³-hybridized carbons (Fsp3) is 0.333. The van der Waals surface area contributed by atoms with Crippen molar-refractivity contribution in [2.24, 2.45) is 0 Å². The summed E-state index contributed by atoms with van der Waals surface area (Å²) in [5.41, 5.74) is 2.88. The number of ether oxygens (including phenoxy) is 3. The molecule has 3 heterocycles. The van der Waals surface area contributed by atoms with Crippen molar-refractivity contribution in [3.8, 4) is 22.9 Å². The Labute approximate surface area is 227 Å². The number of pyridine rings is 1. The second-order valence-corrected chi connectivity index (χ2v) is 9.05. The van der Waals surface area contributed by atoms with Crippen molar-refractivity contribution in [3.05, 3.63) is 72.1 Å². The van der Waals surface area contributed by atoms with E-state index in [1.807, 2.05) is 13.0 Å². The Morgan fingerprint density at radius 2 is 1.88 bits per heavy atom. The van der Waals surface area contributed by atoms with E-state index in [1.165, 1.54) is 16.9 Å². The van der Waals surface area contributed by atoms with Gasteiger partial charge in [-0.25, -0.2) is 0 Å². The van der Waals surface area contributed by atoms with Gasteiger partial charge in [-0.1, -0.05) is 18.2 Å². The maximum absolute atomic E-state index is 13.5. The number of hydrogen-bond acceptors (Lipinski definition) is 8. The topological polar surface area (TPSA) is 87.4 Å². The van der Waals surface area contributed by atoms with Crippen molar-refractivity contribution in [2.45, 2.75) is 52.2 Å². The molecule has 1 atom stereocenters. The Balaban J connectivity index is 1.58. The van der Waals surface area contributed by atoms with Crippen molar-refractivity contribution in [1.29, 1.82) is 0 Å². The number of para-hydroxylation sites is 1. The van der Waals surface area contributed by atoms with Crippen LogP contribution in [0.15, 0.2) is 60.9 Å². The van der Waals surface area contributed by atoms with Gasteiger partial charge in [0.2, 0.25) is 5.82 Å². The van der Waals surface area contributed by atoms with Gasteiger partial charge in [0.15, 0.2) is 17.7 Å². The summed E-state index contributed by atoms with van der Waals surface area (Å²) in [4.78, 5) is 7.27. The number of nitrogens with zero attached hydrogens (tertiary/aromatic N) is 6. The molecule has 9 nitrogen and oxygen atoms in total. The Morgan fingerprint density at radius 3 is 2.62 bits per heavy atom. The van der Waals surface area contributed by atoms with Crippen LogP contribution in [0, 0.1) is 6.92 Å². The van der Waals surface area contributed by atoms with Crippen LogP contribution >= 0.6 is 0 Å². The van der Waals surface area contributed by atoms with Gasteiger partial charge in [0.05, 0.1) is 12.2 Å². The molecule has 0 spiro atoms. The van der Waals surface area contributed by atoms with Gasteiger partial charge in [-0.3, -0.25) is 4.98 Å². The highest BCUT2D eigenvalue weighted by Crippen LogP contribution is 2.43. The lowest BCUT2D eigenvalue weighted by Crippen LogP contribution is -2.20. The van der Waals surface area contributed by atoms with Crippen LogP contribution in [0.4, 0.5) is 28.9 Å². The van der Waals surface area contributed by atoms with Crippen LogP contribution < -0.4 is 14.4 Å². The number of halogens is 4. The Bertz CT molecular complexity index is 1430. The quantitative estimate of drug-likeness (QED) is 0.210. The summed E-state index contributed by atoms with van der Waals surface area (Å²) >= 11 is 0. The first kappa shape index (κ1) is 27.3. The summed E-state index contributed by atoms with van der Waals surface area (Å²) in [5.74, 6) is -0.704. The fourth-order valence-electron chi connectivity index (χ4n) is 4.44. The van der Waals surface area contributed by atoms with Crippen molar-refractivity contribution in [1.82, 2.24) is 25.2 Å². The van der Waals surface area contributed by atoms with Gasteiger partial charge >= 0.3 is 13.2 Å². The molecule has 2 aromatic carbocycles. The van der Waals surface area contributed by atoms with E-state index < -0.39 is 24.7 Å². The van der Waals surface area contributed by atoms with Gasteiger partial charge in [-0.15, -0.1) is 15.0 Å². The molecule has 1 aliphatic heterocycles. The molecule has 2 aromatic heterocycles. The van der Waals surface area contributed by atoms with E-state index in [0.29, 0.717) is 23.7 Å². The van der Waals surface area contributed by atoms with E-state index in [0.717, 1.165) is 36.5 Å². The number of rotatable bonds is 10. The van der Waals surface area contributed by atoms with Crippen LogP contribution in [0.3, 0.4) is 0 Å². The molecule has 1 saturated heterocycles. The molecule has 0 bridgehead atoms. The van der Waals surface area contributed by atoms with Crippen LogP contribution in [0.2, 0.25) is 0 Å². The Hall–Kier alpha value is -4.26. The number of hydrogen-bond donors (Lipinski definition) is 0. The second kappa shape index (κ2) is 12.3. The fourth-order valence-corrected chi connectivity index (χ4v) is 4.44. The normalized spacial score (nSPS) is 15.4. The van der Waals surface area contributed by atoms with Crippen LogP contribution in [0.25, 0.3) is 11.4 Å². The molecule has 0 radical (unpaired) electrons. The SMILES string of the molecule is Cc1ccncc1CN(c1cccc(-c2nnn(C3CCCCO3)n2)c1)c1cccc(OC(F)F)c1OC(F)F. The largest absolute Gasteiger partial charge is 0.431 e. The zero-order valence-corrected chi connectivity index (χ0v) is 21.5. The van der Waals surface area contributed by atoms with E-state index in [-0.39, 0.29) is 18.5 Å². The average Bonchev–Trinajstić information content (AvgIpc) is 3.44. The zero-order valence-electron chi connectivity index (χ0n) is 21.5. The zero-order chi connectivity index (χ0) is 28.1. The highest BCUT2D eigenvalue weighted by Gasteiger charge is 2.25. The van der Waals surface area contributed by atoms with Crippen LogP contribution in [-0.2, 0) is 11.3 Å². The molecule has 0 aliphatic carbocycles. The third-order valence-corrected chi connectivity index (χ3v) is 6.41. The lowest BCUT2D eigenvalue weighted by molar-refractivity contribution is -0.0689. The molecule has 0 saturated carbocycles. The Kier molecular flexibility index (Phi) is 8.39. The van der Waals surface area contributed by atoms with E-state index >= 15 is 0 Å². The van der Waals surface area contributed by atoms with Crippen molar-refractivity contribution in [2.75, 3.05) is 11.5 Å². The predicted molar refractivity (Wildman–Crippen MR) is 137 cm³/mol. The summed E-state index contributed by atoms with van der Waals surface area (Å²) in [6, 6.07) is 12.9. The highest BCUT2D eigenvalue weighted by molar-refractivity contribution is 5.75. The van der Waals surface area contributed by atoms with E-state index in [2.05, 4.69) is 25.1 Å². The van der Waals surface area contributed by atoms with Crippen molar-refractivity contribution >= 4 is 11.4 Å². The monoisotopic (exact) mass is 558 g/mol. The average molecular weight is 559 g/mol. The maximum atomic E-state index is 13.5. The first-order chi connectivity index (χ1) is 19.4. The highest BCUT2D eigenvalue weighted by atomic mass is 19.3. The van der Waals surface area contributed by atoms with Gasteiger partial charge in [0, 0.05) is 30.3 Å². The van der Waals surface area contributed by atoms with Crippen molar-refractivity contribution in [3.63, 3.8) is 0 Å². The Morgan fingerprint density at radius 1 is 1.05 bits per heavy atom. The third-order valence-electron chi connectivity index (χ3n) is 6.41. The molecular weight excluding hydrogens is 532 g/mol. The summed E-state index contributed by atoms with van der Waals surface area (Å²) < 4.78 is 68.3. The lowest BCUT2D eigenvalue weighted by atomic mass is 10.1. The van der Waals surface area contributed by atoms with Gasteiger partial charge < -0.3 is 19.1 Å². The number of aryl methyl sites for hydroxylation is 1. The molecule has 4 aromatic rings. The summed E-state index contributed by atoms with van der Waals surface area (Å²) in [6.07, 6.45) is 5.74. The summed E-state index contributed by atoms with van der Waals surface area (Å²) in [5, 5.41) is 12.8. The number of alkyl halides is 4. The molecular formula is C27H26F4N6O3. The smallest absolute Gasteiger partial charge is 0.387 e. The minimum Gasteiger partial charge on any atom is -0.431 e. The van der Waals surface area contributed by atoms with E-state index in [4.69, 9.17) is 9.47 Å². The van der Waals surface area contributed by atoms with Crippen LogP contribution in [0.5, 0.6) is 11.5 Å². The first-order valence-corrected chi connectivity index (χ1v) is 12.6. The van der Waals surface area contributed by atoms with Crippen molar-refractivity contribution < 1.29 is 31.8 Å². The van der Waals surface area contributed by atoms with Gasteiger partial charge in [0.25, 0.3) is 0 Å². The minimum absolute atomic E-state index is 0.0890. The van der Waals surface area contributed by atoms with E-state index in [9.17, 15) is 17.6 Å². The number of benzene rings is 2. The maximum Gasteiger partial charge on any atom is 0.387 e. The molecule has 0 N–H and O–H groups in total. The lowest BCUT2D eigenvalue weighted by Gasteiger charge is -2.28. The third kappa shape index (κ3) is 6.30. The second-order valence-electron chi connectivity index (χ2n) is 9.05. The minimum atomic E-state index is -3.28. The van der Waals surface area contributed by atoms with Gasteiger partial charge in [-0.2, -0.15) is 17.6 Å². The molecule has 13 heteroatoms.